The smallest absolute Gasteiger partial charge is 0.238 e. The van der Waals surface area contributed by atoms with Crippen LogP contribution in [0, 0.1) is 17.2 Å². The first-order chi connectivity index (χ1) is 18.5. The van der Waals surface area contributed by atoms with Crippen LogP contribution in [-0.2, 0) is 10.2 Å². The van der Waals surface area contributed by atoms with Gasteiger partial charge in [0.15, 0.2) is 11.0 Å². The standard InChI is InChI=1S/C29H35Cl2FN4O3/c1-27(2)6-8-28(9-7-27)29(19-4-3-16(30)13-20(19)35-26(29)39)21(18-5-10-33-24(31)22(18)32)23(36-28)25(38)34-17-11-15(12-17)14-37/h3-5,10,13,15,17,21,23,26,35-37,39H,6-9,11-12,14H2,1-2H3,(H,34,38)/t15-,17-,21-,23+,26?,29+/m0/s1. The molecule has 2 spiro atoms. The lowest BCUT2D eigenvalue weighted by atomic mass is 9.53. The van der Waals surface area contributed by atoms with E-state index in [-0.39, 0.29) is 40.6 Å². The van der Waals surface area contributed by atoms with Gasteiger partial charge in [-0.25, -0.2) is 9.37 Å². The number of amides is 1. The van der Waals surface area contributed by atoms with Crippen molar-refractivity contribution in [3.63, 3.8) is 0 Å². The number of aliphatic hydroxyl groups excluding tert-OH is 2. The average Bonchev–Trinajstić information content (AvgIpc) is 3.32. The first-order valence-electron chi connectivity index (χ1n) is 13.7. The summed E-state index contributed by atoms with van der Waals surface area (Å²) in [5.41, 5.74) is 0.0242. The second-order valence-corrected chi connectivity index (χ2v) is 13.5. The minimum absolute atomic E-state index is 0.0570. The normalized spacial score (nSPS) is 34.0. The van der Waals surface area contributed by atoms with Crippen molar-refractivity contribution < 1.29 is 19.4 Å². The van der Waals surface area contributed by atoms with Gasteiger partial charge in [-0.3, -0.25) is 10.1 Å². The number of hydrogen-bond acceptors (Lipinski definition) is 6. The van der Waals surface area contributed by atoms with Gasteiger partial charge in [-0.1, -0.05) is 43.1 Å². The fourth-order valence-electron chi connectivity index (χ4n) is 7.84. The monoisotopic (exact) mass is 576 g/mol. The highest BCUT2D eigenvalue weighted by atomic mass is 35.5. The number of benzene rings is 1. The van der Waals surface area contributed by atoms with Gasteiger partial charge in [0.25, 0.3) is 0 Å². The zero-order valence-electron chi connectivity index (χ0n) is 22.1. The van der Waals surface area contributed by atoms with E-state index in [9.17, 15) is 15.0 Å². The first kappa shape index (κ1) is 27.2. The molecule has 210 valence electrons. The summed E-state index contributed by atoms with van der Waals surface area (Å²) < 4.78 is 15.9. The summed E-state index contributed by atoms with van der Waals surface area (Å²) in [6.45, 7) is 4.56. The van der Waals surface area contributed by atoms with Crippen molar-refractivity contribution in [3.05, 3.63) is 57.6 Å². The number of hydrogen-bond donors (Lipinski definition) is 5. The van der Waals surface area contributed by atoms with E-state index in [0.29, 0.717) is 36.4 Å². The summed E-state index contributed by atoms with van der Waals surface area (Å²) in [6, 6.07) is 6.14. The number of carbonyl (C=O) groups excluding carboxylic acids is 1. The topological polar surface area (TPSA) is 107 Å². The number of nitrogens with one attached hydrogen (secondary N) is 3. The number of fused-ring (bicyclic) bond motifs is 3. The summed E-state index contributed by atoms with van der Waals surface area (Å²) in [4.78, 5) is 18.0. The highest BCUT2D eigenvalue weighted by molar-refractivity contribution is 6.31. The van der Waals surface area contributed by atoms with E-state index in [2.05, 4.69) is 34.8 Å². The van der Waals surface area contributed by atoms with Gasteiger partial charge in [0.05, 0.1) is 11.5 Å². The SMILES string of the molecule is CC1(C)CCC2(CC1)N[C@@H](C(=O)N[C@H]1C[C@H](CO)C1)[C@H](c1ccnc(Cl)c1F)[C@@]21c2ccc(Cl)cc2NC1O. The number of rotatable bonds is 4. The maximum atomic E-state index is 15.9. The van der Waals surface area contributed by atoms with Crippen molar-refractivity contribution in [2.75, 3.05) is 11.9 Å². The van der Waals surface area contributed by atoms with Gasteiger partial charge < -0.3 is 20.8 Å². The van der Waals surface area contributed by atoms with E-state index in [1.165, 1.54) is 6.20 Å². The summed E-state index contributed by atoms with van der Waals surface area (Å²) in [5, 5.41) is 31.8. The molecule has 4 atom stereocenters. The molecule has 39 heavy (non-hydrogen) atoms. The predicted octanol–water partition coefficient (Wildman–Crippen LogP) is 4.49. The third-order valence-electron chi connectivity index (χ3n) is 9.99. The Morgan fingerprint density at radius 2 is 1.90 bits per heavy atom. The molecule has 0 radical (unpaired) electrons. The molecule has 2 saturated carbocycles. The highest BCUT2D eigenvalue weighted by Gasteiger charge is 2.72. The predicted molar refractivity (Wildman–Crippen MR) is 148 cm³/mol. The molecule has 0 bridgehead atoms. The van der Waals surface area contributed by atoms with Gasteiger partial charge in [-0.05, 0) is 79.2 Å². The van der Waals surface area contributed by atoms with Crippen LogP contribution in [0.25, 0.3) is 0 Å². The van der Waals surface area contributed by atoms with Crippen molar-refractivity contribution in [2.45, 2.75) is 87.6 Å². The van der Waals surface area contributed by atoms with Crippen LogP contribution in [0.5, 0.6) is 0 Å². The Balaban J connectivity index is 1.54. The van der Waals surface area contributed by atoms with Gasteiger partial charge in [0.1, 0.15) is 6.23 Å². The molecule has 1 amide bonds. The van der Waals surface area contributed by atoms with Crippen LogP contribution >= 0.6 is 23.2 Å². The Hall–Kier alpha value is -1.97. The van der Waals surface area contributed by atoms with Crippen LogP contribution < -0.4 is 16.0 Å². The summed E-state index contributed by atoms with van der Waals surface area (Å²) in [7, 11) is 0. The Kier molecular flexibility index (Phi) is 6.67. The molecule has 6 rings (SSSR count). The molecule has 1 saturated heterocycles. The van der Waals surface area contributed by atoms with Crippen molar-refractivity contribution in [2.24, 2.45) is 11.3 Å². The maximum Gasteiger partial charge on any atom is 0.238 e. The zero-order chi connectivity index (χ0) is 27.7. The van der Waals surface area contributed by atoms with Crippen LogP contribution in [0.4, 0.5) is 10.1 Å². The lowest BCUT2D eigenvalue weighted by Crippen LogP contribution is -2.63. The number of halogens is 3. The molecule has 2 aromatic rings. The number of anilines is 1. The lowest BCUT2D eigenvalue weighted by molar-refractivity contribution is -0.125. The average molecular weight is 578 g/mol. The summed E-state index contributed by atoms with van der Waals surface area (Å²) >= 11 is 12.6. The minimum Gasteiger partial charge on any atom is -0.396 e. The molecule has 2 aliphatic carbocycles. The van der Waals surface area contributed by atoms with Gasteiger partial charge >= 0.3 is 0 Å². The fourth-order valence-corrected chi connectivity index (χ4v) is 8.18. The Labute approximate surface area is 237 Å². The van der Waals surface area contributed by atoms with Crippen molar-refractivity contribution in [1.29, 1.82) is 0 Å². The second kappa shape index (κ2) is 9.55. The van der Waals surface area contributed by atoms with Crippen LogP contribution in [0.15, 0.2) is 30.5 Å². The Morgan fingerprint density at radius 1 is 1.18 bits per heavy atom. The van der Waals surface area contributed by atoms with Crippen LogP contribution in [0.3, 0.4) is 0 Å². The van der Waals surface area contributed by atoms with E-state index in [1.54, 1.807) is 18.2 Å². The molecule has 1 aromatic carbocycles. The second-order valence-electron chi connectivity index (χ2n) is 12.7. The fraction of sp³-hybridized carbons (Fsp3) is 0.586. The highest BCUT2D eigenvalue weighted by Crippen LogP contribution is 2.65. The minimum atomic E-state index is -1.11. The van der Waals surface area contributed by atoms with Crippen LogP contribution in [0.1, 0.15) is 69.4 Å². The van der Waals surface area contributed by atoms with Crippen molar-refractivity contribution >= 4 is 34.8 Å². The maximum absolute atomic E-state index is 15.9. The molecular weight excluding hydrogens is 542 g/mol. The van der Waals surface area contributed by atoms with E-state index >= 15 is 4.39 Å². The molecule has 2 aliphatic heterocycles. The quantitative estimate of drug-likeness (QED) is 0.343. The third kappa shape index (κ3) is 4.09. The van der Waals surface area contributed by atoms with Gasteiger partial charge in [-0.15, -0.1) is 0 Å². The molecule has 1 aromatic heterocycles. The summed E-state index contributed by atoms with van der Waals surface area (Å²) in [5.74, 6) is -1.55. The number of nitrogens with zero attached hydrogens (tertiary/aromatic N) is 1. The number of carbonyl (C=O) groups is 1. The van der Waals surface area contributed by atoms with E-state index in [4.69, 9.17) is 23.2 Å². The van der Waals surface area contributed by atoms with E-state index in [0.717, 1.165) is 18.4 Å². The van der Waals surface area contributed by atoms with Crippen molar-refractivity contribution in [1.82, 2.24) is 15.6 Å². The van der Waals surface area contributed by atoms with E-state index in [1.807, 2.05) is 6.07 Å². The van der Waals surface area contributed by atoms with Gasteiger partial charge in [-0.2, -0.15) is 0 Å². The molecule has 10 heteroatoms. The molecule has 3 heterocycles. The number of aromatic nitrogens is 1. The molecule has 3 fully saturated rings. The number of pyridine rings is 1. The molecule has 4 aliphatic rings. The third-order valence-corrected chi connectivity index (χ3v) is 10.5. The first-order valence-corrected chi connectivity index (χ1v) is 14.5. The largest absolute Gasteiger partial charge is 0.396 e. The van der Waals surface area contributed by atoms with Crippen LogP contribution in [0.2, 0.25) is 10.2 Å². The Morgan fingerprint density at radius 3 is 2.59 bits per heavy atom. The molecule has 1 unspecified atom stereocenters. The number of aliphatic hydroxyl groups is 2. The molecule has 5 N–H and O–H groups in total. The van der Waals surface area contributed by atoms with Crippen molar-refractivity contribution in [3.8, 4) is 0 Å². The summed E-state index contributed by atoms with van der Waals surface area (Å²) in [6.07, 6.45) is 4.87. The molecular formula is C29H35Cl2FN4O3. The van der Waals surface area contributed by atoms with Gasteiger partial charge in [0, 0.05) is 41.0 Å². The lowest BCUT2D eigenvalue weighted by Gasteiger charge is -2.52. The zero-order valence-corrected chi connectivity index (χ0v) is 23.6. The van der Waals surface area contributed by atoms with Gasteiger partial charge in [0.2, 0.25) is 5.91 Å². The molecule has 7 nitrogen and oxygen atoms in total. The van der Waals surface area contributed by atoms with E-state index < -0.39 is 35.0 Å². The Bertz CT molecular complexity index is 1290. The van der Waals surface area contributed by atoms with Crippen LogP contribution in [-0.4, -0.2) is 51.6 Å².